The fourth-order valence-electron chi connectivity index (χ4n) is 3.26. The van der Waals surface area contributed by atoms with E-state index in [0.717, 1.165) is 0 Å². The predicted molar refractivity (Wildman–Crippen MR) is 125 cm³/mol. The van der Waals surface area contributed by atoms with Gasteiger partial charge in [0.15, 0.2) is 5.69 Å². The molecule has 11 heteroatoms. The molecule has 0 aliphatic carbocycles. The minimum Gasteiger partial charge on any atom is -0.490 e. The molecule has 0 aliphatic rings. The van der Waals surface area contributed by atoms with Gasteiger partial charge in [-0.3, -0.25) is 0 Å². The van der Waals surface area contributed by atoms with E-state index >= 15 is 0 Å². The van der Waals surface area contributed by atoms with Gasteiger partial charge < -0.3 is 24.3 Å². The number of benzene rings is 2. The summed E-state index contributed by atoms with van der Waals surface area (Å²) in [7, 11) is 0.513. The number of hydrogen-bond acceptors (Lipinski definition) is 8. The first kappa shape index (κ1) is 24.5. The van der Waals surface area contributed by atoms with Gasteiger partial charge in [-0.25, -0.2) is 14.3 Å². The van der Waals surface area contributed by atoms with Crippen molar-refractivity contribution in [3.63, 3.8) is 0 Å². The highest BCUT2D eigenvalue weighted by Crippen LogP contribution is 2.34. The largest absolute Gasteiger partial charge is 0.492 e. The summed E-state index contributed by atoms with van der Waals surface area (Å²) in [6, 6.07) is 11.8. The van der Waals surface area contributed by atoms with Gasteiger partial charge in [0, 0.05) is 11.0 Å². The van der Waals surface area contributed by atoms with Crippen LogP contribution in [0, 0.1) is 0 Å². The van der Waals surface area contributed by atoms with E-state index in [2.05, 4.69) is 21.0 Å². The highest BCUT2D eigenvalue weighted by Gasteiger charge is 2.32. The molecular formula is C22H22BBrN2O7. The second kappa shape index (κ2) is 10.2. The first-order chi connectivity index (χ1) is 15.7. The fourth-order valence-corrected chi connectivity index (χ4v) is 3.83. The topological polar surface area (TPSA) is 120 Å². The molecule has 0 unspecified atom stereocenters. The summed E-state index contributed by atoms with van der Waals surface area (Å²) in [5, 5.41) is 24.4. The van der Waals surface area contributed by atoms with Gasteiger partial charge in [-0.05, 0) is 54.0 Å². The molecule has 1 heterocycles. The molecule has 2 aromatic carbocycles. The first-order valence-electron chi connectivity index (χ1n) is 9.91. The van der Waals surface area contributed by atoms with Crippen molar-refractivity contribution in [1.29, 1.82) is 0 Å². The summed E-state index contributed by atoms with van der Waals surface area (Å²) in [5.41, 5.74) is 0.714. The molecule has 3 rings (SSSR count). The number of hydrogen-bond donors (Lipinski definition) is 2. The Hall–Kier alpha value is -3.15. The molecule has 0 bridgehead atoms. The van der Waals surface area contributed by atoms with Crippen LogP contribution in [0.4, 0.5) is 0 Å². The lowest BCUT2D eigenvalue weighted by atomic mass is 9.78. The van der Waals surface area contributed by atoms with Crippen molar-refractivity contribution in [2.45, 2.75) is 20.0 Å². The molecule has 0 atom stereocenters. The molecule has 0 radical (unpaired) electrons. The van der Waals surface area contributed by atoms with E-state index in [-0.39, 0.29) is 34.3 Å². The number of esters is 2. The molecule has 9 nitrogen and oxygen atoms in total. The van der Waals surface area contributed by atoms with Gasteiger partial charge in [-0.15, -0.1) is 0 Å². The number of para-hydroxylation sites is 1. The fraction of sp³-hybridized carbons (Fsp3) is 0.227. The maximum atomic E-state index is 12.8. The molecular weight excluding hydrogens is 495 g/mol. The average molecular weight is 517 g/mol. The van der Waals surface area contributed by atoms with E-state index in [9.17, 15) is 19.6 Å². The minimum absolute atomic E-state index is 0.0535. The number of nitrogens with zero attached hydrogens (tertiary/aromatic N) is 2. The Bertz CT molecular complexity index is 1180. The van der Waals surface area contributed by atoms with Crippen LogP contribution in [0.15, 0.2) is 46.9 Å². The zero-order valence-electron chi connectivity index (χ0n) is 18.4. The molecule has 0 amide bonds. The Morgan fingerprint density at radius 3 is 2.24 bits per heavy atom. The van der Waals surface area contributed by atoms with Crippen molar-refractivity contribution < 1.29 is 33.8 Å². The van der Waals surface area contributed by atoms with Crippen LogP contribution >= 0.6 is 15.9 Å². The van der Waals surface area contributed by atoms with E-state index in [1.165, 1.54) is 25.0 Å². The third kappa shape index (κ3) is 4.95. The smallest absolute Gasteiger partial charge is 0.490 e. The summed E-state index contributed by atoms with van der Waals surface area (Å²) in [5.74, 6) is -1.37. The second-order valence-electron chi connectivity index (χ2n) is 7.22. The second-order valence-corrected chi connectivity index (χ2v) is 8.07. The standard InChI is InChI=1S/C22H22BBrN2O7/c1-12(2)33-20-15(23(29)30)10-13(11-16(20)24)18-17(21(27)31-3)19(22(28)32-4)26(25-18)14-8-6-5-7-9-14/h5-12,29-30H,1-4H3. The highest BCUT2D eigenvalue weighted by molar-refractivity contribution is 9.10. The first-order valence-corrected chi connectivity index (χ1v) is 10.7. The van der Waals surface area contributed by atoms with E-state index < -0.39 is 19.1 Å². The van der Waals surface area contributed by atoms with Crippen molar-refractivity contribution >= 4 is 40.4 Å². The van der Waals surface area contributed by atoms with E-state index in [4.69, 9.17) is 14.2 Å². The van der Waals surface area contributed by atoms with Gasteiger partial charge in [0.25, 0.3) is 0 Å². The van der Waals surface area contributed by atoms with Crippen molar-refractivity contribution in [2.75, 3.05) is 14.2 Å². The van der Waals surface area contributed by atoms with Gasteiger partial charge >= 0.3 is 19.1 Å². The summed E-state index contributed by atoms with van der Waals surface area (Å²) in [4.78, 5) is 25.5. The number of carbonyl (C=O) groups is 2. The molecule has 33 heavy (non-hydrogen) atoms. The third-order valence-electron chi connectivity index (χ3n) is 4.63. The lowest BCUT2D eigenvalue weighted by molar-refractivity contribution is 0.0549. The molecule has 0 saturated heterocycles. The zero-order chi connectivity index (χ0) is 24.3. The van der Waals surface area contributed by atoms with Crippen LogP contribution in [0.3, 0.4) is 0 Å². The van der Waals surface area contributed by atoms with Crippen molar-refractivity contribution in [3.8, 4) is 22.7 Å². The van der Waals surface area contributed by atoms with E-state index in [1.54, 1.807) is 50.2 Å². The molecule has 0 saturated carbocycles. The molecule has 0 fully saturated rings. The number of rotatable bonds is 7. The monoisotopic (exact) mass is 516 g/mol. The number of methoxy groups -OCH3 is 2. The van der Waals surface area contributed by atoms with Crippen LogP contribution in [0.25, 0.3) is 16.9 Å². The van der Waals surface area contributed by atoms with Crippen molar-refractivity contribution in [2.24, 2.45) is 0 Å². The number of aromatic nitrogens is 2. The number of halogens is 1. The molecule has 2 N–H and O–H groups in total. The third-order valence-corrected chi connectivity index (χ3v) is 5.22. The van der Waals surface area contributed by atoms with Crippen LogP contribution in [0.5, 0.6) is 5.75 Å². The number of carbonyl (C=O) groups excluding carboxylic acids is 2. The maximum absolute atomic E-state index is 12.8. The van der Waals surface area contributed by atoms with E-state index in [0.29, 0.717) is 15.7 Å². The molecule has 3 aromatic rings. The Labute approximate surface area is 199 Å². The van der Waals surface area contributed by atoms with Gasteiger partial charge in [-0.1, -0.05) is 18.2 Å². The number of ether oxygens (including phenoxy) is 3. The Morgan fingerprint density at radius 1 is 1.06 bits per heavy atom. The Balaban J connectivity index is 2.36. The Morgan fingerprint density at radius 2 is 1.70 bits per heavy atom. The molecule has 0 aliphatic heterocycles. The van der Waals surface area contributed by atoms with Gasteiger partial charge in [0.2, 0.25) is 0 Å². The average Bonchev–Trinajstić information content (AvgIpc) is 3.20. The Kier molecular flexibility index (Phi) is 7.57. The van der Waals surface area contributed by atoms with Crippen LogP contribution in [0.2, 0.25) is 0 Å². The van der Waals surface area contributed by atoms with Gasteiger partial charge in [0.1, 0.15) is 17.0 Å². The summed E-state index contributed by atoms with van der Waals surface area (Å²) < 4.78 is 17.3. The van der Waals surface area contributed by atoms with Gasteiger partial charge in [0.05, 0.1) is 30.5 Å². The summed E-state index contributed by atoms with van der Waals surface area (Å²) >= 11 is 3.39. The van der Waals surface area contributed by atoms with Gasteiger partial charge in [-0.2, -0.15) is 5.10 Å². The van der Waals surface area contributed by atoms with Crippen LogP contribution in [0.1, 0.15) is 34.7 Å². The molecule has 172 valence electrons. The van der Waals surface area contributed by atoms with Crippen LogP contribution in [-0.4, -0.2) is 59.2 Å². The lowest BCUT2D eigenvalue weighted by Crippen LogP contribution is -2.33. The normalized spacial score (nSPS) is 10.8. The minimum atomic E-state index is -1.87. The predicted octanol–water partition coefficient (Wildman–Crippen LogP) is 2.34. The summed E-state index contributed by atoms with van der Waals surface area (Å²) in [6.07, 6.45) is -0.238. The SMILES string of the molecule is COC(=O)c1c(-c2cc(Br)c(OC(C)C)c(B(O)O)c2)nn(-c2ccccc2)c1C(=O)OC. The van der Waals surface area contributed by atoms with E-state index in [1.807, 2.05) is 0 Å². The molecule has 0 spiro atoms. The quantitative estimate of drug-likeness (QED) is 0.362. The van der Waals surface area contributed by atoms with Crippen LogP contribution in [-0.2, 0) is 9.47 Å². The van der Waals surface area contributed by atoms with Crippen LogP contribution < -0.4 is 10.2 Å². The van der Waals surface area contributed by atoms with Crippen molar-refractivity contribution in [3.05, 3.63) is 58.2 Å². The highest BCUT2D eigenvalue weighted by atomic mass is 79.9. The molecule has 1 aromatic heterocycles. The zero-order valence-corrected chi connectivity index (χ0v) is 20.0. The summed E-state index contributed by atoms with van der Waals surface area (Å²) in [6.45, 7) is 3.60. The maximum Gasteiger partial charge on any atom is 0.492 e. The lowest BCUT2D eigenvalue weighted by Gasteiger charge is -2.17. The van der Waals surface area contributed by atoms with Crippen molar-refractivity contribution in [1.82, 2.24) is 9.78 Å².